The van der Waals surface area contributed by atoms with Gasteiger partial charge in [-0.2, -0.15) is 5.10 Å². The number of ether oxygens (including phenoxy) is 1. The quantitative estimate of drug-likeness (QED) is 0.570. The zero-order chi connectivity index (χ0) is 22.1. The Bertz CT molecular complexity index is 1130. The minimum Gasteiger partial charge on any atom is -0.469 e. The van der Waals surface area contributed by atoms with Crippen molar-refractivity contribution >= 4 is 17.3 Å². The molecule has 0 N–H and O–H groups in total. The van der Waals surface area contributed by atoms with Crippen LogP contribution in [-0.4, -0.2) is 45.3 Å². The van der Waals surface area contributed by atoms with Gasteiger partial charge in [0.05, 0.1) is 30.7 Å². The average Bonchev–Trinajstić information content (AvgIpc) is 3.27. The number of pyridine rings is 1. The number of aryl methyl sites for hydroxylation is 3. The fraction of sp³-hybridized carbons (Fsp3) is 0.429. The van der Waals surface area contributed by atoms with Crippen molar-refractivity contribution in [3.8, 4) is 17.0 Å². The number of aromatic nitrogens is 4. The number of anilines is 1. The highest BCUT2D eigenvalue weighted by Crippen LogP contribution is 2.31. The zero-order valence-corrected chi connectivity index (χ0v) is 18.3. The zero-order valence-electron chi connectivity index (χ0n) is 17.5. The van der Waals surface area contributed by atoms with Gasteiger partial charge < -0.3 is 14.2 Å². The summed E-state index contributed by atoms with van der Waals surface area (Å²) in [6, 6.07) is 3.56. The van der Waals surface area contributed by atoms with Crippen molar-refractivity contribution in [3.05, 3.63) is 51.4 Å². The van der Waals surface area contributed by atoms with Gasteiger partial charge in [-0.1, -0.05) is 23.7 Å². The molecule has 3 aromatic heterocycles. The molecule has 0 amide bonds. The maximum atomic E-state index is 14.8. The van der Waals surface area contributed by atoms with Crippen LogP contribution in [-0.2, 0) is 6.54 Å². The molecule has 3 aromatic rings. The summed E-state index contributed by atoms with van der Waals surface area (Å²) < 4.78 is 27.2. The lowest BCUT2D eigenvalue weighted by Gasteiger charge is -2.19. The van der Waals surface area contributed by atoms with Gasteiger partial charge in [0.2, 0.25) is 5.88 Å². The molecule has 1 fully saturated rings. The third-order valence-electron chi connectivity index (χ3n) is 5.27. The van der Waals surface area contributed by atoms with Crippen molar-refractivity contribution in [2.45, 2.75) is 46.0 Å². The van der Waals surface area contributed by atoms with E-state index in [2.05, 4.69) is 15.2 Å². The number of rotatable bonds is 6. The maximum Gasteiger partial charge on any atom is 0.287 e. The summed E-state index contributed by atoms with van der Waals surface area (Å²) in [5, 5.41) is 8.15. The van der Waals surface area contributed by atoms with Gasteiger partial charge in [0.1, 0.15) is 10.8 Å². The molecule has 0 spiro atoms. The SMILES string of the molecule is CCCn1ncc(N2C[C@H](Oc3cc(-c4c(C)noc4C)ccn3)[C@@H](F)C2)c(Cl)c1=O. The molecule has 1 aliphatic rings. The highest BCUT2D eigenvalue weighted by Gasteiger charge is 2.36. The lowest BCUT2D eigenvalue weighted by Crippen LogP contribution is -2.30. The van der Waals surface area contributed by atoms with Crippen LogP contribution in [0.3, 0.4) is 0 Å². The van der Waals surface area contributed by atoms with E-state index in [4.69, 9.17) is 20.9 Å². The molecule has 164 valence electrons. The fourth-order valence-corrected chi connectivity index (χ4v) is 4.04. The molecule has 8 nitrogen and oxygen atoms in total. The molecular formula is C21H23ClFN5O3. The summed E-state index contributed by atoms with van der Waals surface area (Å²) in [5.41, 5.74) is 2.48. The summed E-state index contributed by atoms with van der Waals surface area (Å²) in [6.07, 6.45) is 1.82. The van der Waals surface area contributed by atoms with Gasteiger partial charge in [-0.3, -0.25) is 4.79 Å². The number of hydrogen-bond donors (Lipinski definition) is 0. The van der Waals surface area contributed by atoms with Crippen molar-refractivity contribution in [1.82, 2.24) is 19.9 Å². The van der Waals surface area contributed by atoms with Crippen LogP contribution in [0.2, 0.25) is 5.02 Å². The molecule has 1 aliphatic heterocycles. The Morgan fingerprint density at radius 2 is 2.16 bits per heavy atom. The molecule has 0 unspecified atom stereocenters. The second-order valence-electron chi connectivity index (χ2n) is 7.53. The second-order valence-corrected chi connectivity index (χ2v) is 7.91. The molecule has 0 saturated carbocycles. The lowest BCUT2D eigenvalue weighted by atomic mass is 10.1. The van der Waals surface area contributed by atoms with Crippen molar-refractivity contribution < 1.29 is 13.7 Å². The number of halogens is 2. The molecular weight excluding hydrogens is 425 g/mol. The molecule has 0 aliphatic carbocycles. The van der Waals surface area contributed by atoms with Crippen LogP contribution in [0, 0.1) is 13.8 Å². The number of hydrogen-bond acceptors (Lipinski definition) is 7. The van der Waals surface area contributed by atoms with E-state index in [-0.39, 0.29) is 23.7 Å². The van der Waals surface area contributed by atoms with Crippen LogP contribution in [0.25, 0.3) is 11.1 Å². The first kappa shape index (κ1) is 21.3. The van der Waals surface area contributed by atoms with Gasteiger partial charge in [-0.05, 0) is 31.9 Å². The largest absolute Gasteiger partial charge is 0.469 e. The molecule has 10 heteroatoms. The van der Waals surface area contributed by atoms with Gasteiger partial charge in [0.25, 0.3) is 5.56 Å². The molecule has 1 saturated heterocycles. The van der Waals surface area contributed by atoms with Crippen LogP contribution in [0.4, 0.5) is 10.1 Å². The highest BCUT2D eigenvalue weighted by atomic mass is 35.5. The molecule has 0 aromatic carbocycles. The summed E-state index contributed by atoms with van der Waals surface area (Å²) in [6.45, 7) is 6.37. The normalized spacial score (nSPS) is 18.5. The Balaban J connectivity index is 1.53. The van der Waals surface area contributed by atoms with Crippen molar-refractivity contribution in [1.29, 1.82) is 0 Å². The van der Waals surface area contributed by atoms with E-state index in [0.717, 1.165) is 23.2 Å². The predicted octanol–water partition coefficient (Wildman–Crippen LogP) is 3.58. The topological polar surface area (TPSA) is 86.3 Å². The number of nitrogens with zero attached hydrogens (tertiary/aromatic N) is 5. The van der Waals surface area contributed by atoms with E-state index in [0.29, 0.717) is 23.9 Å². The Hall–Kier alpha value is -2.94. The van der Waals surface area contributed by atoms with E-state index < -0.39 is 12.3 Å². The average molecular weight is 448 g/mol. The molecule has 31 heavy (non-hydrogen) atoms. The van der Waals surface area contributed by atoms with Gasteiger partial charge in [-0.25, -0.2) is 14.1 Å². The highest BCUT2D eigenvalue weighted by molar-refractivity contribution is 6.33. The van der Waals surface area contributed by atoms with Gasteiger partial charge in [0.15, 0.2) is 12.3 Å². The van der Waals surface area contributed by atoms with E-state index in [9.17, 15) is 9.18 Å². The van der Waals surface area contributed by atoms with Gasteiger partial charge in [-0.15, -0.1) is 0 Å². The van der Waals surface area contributed by atoms with Gasteiger partial charge in [0, 0.05) is 24.4 Å². The second kappa shape index (κ2) is 8.66. The van der Waals surface area contributed by atoms with Crippen LogP contribution in [0.5, 0.6) is 5.88 Å². The Kier molecular flexibility index (Phi) is 5.95. The minimum atomic E-state index is -1.28. The fourth-order valence-electron chi connectivity index (χ4n) is 3.77. The van der Waals surface area contributed by atoms with E-state index in [1.807, 2.05) is 26.8 Å². The molecule has 4 rings (SSSR count). The van der Waals surface area contributed by atoms with Crippen molar-refractivity contribution in [3.63, 3.8) is 0 Å². The standard InChI is InChI=1S/C21H23ClFN5O3/c1-4-7-28-21(29)20(22)16(9-25-28)27-10-15(23)17(11-27)30-18-8-14(5-6-24-18)19-12(2)26-31-13(19)3/h5-6,8-9,15,17H,4,7,10-11H2,1-3H3/t15-,17-/m0/s1. The molecule has 4 heterocycles. The molecule has 0 radical (unpaired) electrons. The number of alkyl halides is 1. The predicted molar refractivity (Wildman–Crippen MR) is 115 cm³/mol. The van der Waals surface area contributed by atoms with E-state index >= 15 is 0 Å². The first-order valence-corrected chi connectivity index (χ1v) is 10.5. The molecule has 2 atom stereocenters. The molecule has 0 bridgehead atoms. The summed E-state index contributed by atoms with van der Waals surface area (Å²) >= 11 is 6.27. The van der Waals surface area contributed by atoms with E-state index in [1.165, 1.54) is 10.9 Å². The third-order valence-corrected chi connectivity index (χ3v) is 5.63. The minimum absolute atomic E-state index is 0.0369. The third kappa shape index (κ3) is 4.14. The van der Waals surface area contributed by atoms with Crippen LogP contribution in [0.1, 0.15) is 24.8 Å². The van der Waals surface area contributed by atoms with Crippen molar-refractivity contribution in [2.75, 3.05) is 18.0 Å². The Morgan fingerprint density at radius 1 is 1.35 bits per heavy atom. The lowest BCUT2D eigenvalue weighted by molar-refractivity contribution is 0.135. The first-order valence-electron chi connectivity index (χ1n) is 10.1. The smallest absolute Gasteiger partial charge is 0.287 e. The van der Waals surface area contributed by atoms with E-state index in [1.54, 1.807) is 17.2 Å². The summed E-state index contributed by atoms with van der Waals surface area (Å²) in [4.78, 5) is 18.3. The van der Waals surface area contributed by atoms with Crippen LogP contribution >= 0.6 is 11.6 Å². The Morgan fingerprint density at radius 3 is 2.87 bits per heavy atom. The van der Waals surface area contributed by atoms with Crippen molar-refractivity contribution in [2.24, 2.45) is 0 Å². The van der Waals surface area contributed by atoms with Crippen LogP contribution < -0.4 is 15.2 Å². The van der Waals surface area contributed by atoms with Gasteiger partial charge >= 0.3 is 0 Å². The summed E-state index contributed by atoms with van der Waals surface area (Å²) in [7, 11) is 0. The first-order chi connectivity index (χ1) is 14.9. The monoisotopic (exact) mass is 447 g/mol. The summed E-state index contributed by atoms with van der Waals surface area (Å²) in [5.74, 6) is 0.986. The maximum absolute atomic E-state index is 14.8. The van der Waals surface area contributed by atoms with Crippen LogP contribution in [0.15, 0.2) is 33.8 Å². The Labute approximate surface area is 183 Å².